The number of hydrogen-bond donors (Lipinski definition) is 1. The van der Waals surface area contributed by atoms with Gasteiger partial charge in [0.2, 0.25) is 0 Å². The minimum Gasteiger partial charge on any atom is -0.484 e. The van der Waals surface area contributed by atoms with Crippen LogP contribution in [0, 0.1) is 0 Å². The summed E-state index contributed by atoms with van der Waals surface area (Å²) in [6, 6.07) is 19.2. The van der Waals surface area contributed by atoms with Gasteiger partial charge in [0.25, 0.3) is 5.91 Å². The molecule has 0 aliphatic carbocycles. The van der Waals surface area contributed by atoms with Crippen molar-refractivity contribution in [1.29, 1.82) is 0 Å². The molecule has 1 aliphatic heterocycles. The van der Waals surface area contributed by atoms with Crippen LogP contribution in [-0.2, 0) is 17.8 Å². The Hall–Kier alpha value is -2.33. The van der Waals surface area contributed by atoms with E-state index < -0.39 is 0 Å². The van der Waals surface area contributed by atoms with Gasteiger partial charge < -0.3 is 10.1 Å². The minimum atomic E-state index is -0.0386. The molecule has 1 fully saturated rings. The van der Waals surface area contributed by atoms with Gasteiger partial charge in [0.05, 0.1) is 0 Å². The second kappa shape index (κ2) is 9.56. The molecule has 2 aromatic carbocycles. The fourth-order valence-corrected chi connectivity index (χ4v) is 3.64. The molecule has 1 heterocycles. The van der Waals surface area contributed by atoms with Crippen LogP contribution in [-0.4, -0.2) is 36.0 Å². The molecular weight excluding hydrogens is 336 g/mol. The Morgan fingerprint density at radius 1 is 1.11 bits per heavy atom. The minimum absolute atomic E-state index is 0.0386. The Balaban J connectivity index is 1.41. The number of carbonyl (C=O) groups excluding carboxylic acids is 1. The monoisotopic (exact) mass is 366 g/mol. The molecule has 1 N–H and O–H groups in total. The molecule has 3 rings (SSSR count). The first-order chi connectivity index (χ1) is 13.1. The molecule has 2 atom stereocenters. The Morgan fingerprint density at radius 2 is 1.85 bits per heavy atom. The van der Waals surface area contributed by atoms with Crippen molar-refractivity contribution >= 4 is 5.91 Å². The summed E-state index contributed by atoms with van der Waals surface area (Å²) in [5, 5.41) is 3.14. The van der Waals surface area contributed by atoms with Gasteiger partial charge in [-0.2, -0.15) is 0 Å². The molecule has 0 aromatic heterocycles. The number of benzene rings is 2. The van der Waals surface area contributed by atoms with Crippen molar-refractivity contribution in [2.75, 3.05) is 13.2 Å². The van der Waals surface area contributed by atoms with Crippen molar-refractivity contribution in [3.05, 3.63) is 65.7 Å². The summed E-state index contributed by atoms with van der Waals surface area (Å²) in [7, 11) is 0. The van der Waals surface area contributed by atoms with Gasteiger partial charge in [-0.05, 0) is 49.4 Å². The van der Waals surface area contributed by atoms with Crippen LogP contribution >= 0.6 is 0 Å². The zero-order valence-electron chi connectivity index (χ0n) is 16.4. The third kappa shape index (κ3) is 5.83. The maximum absolute atomic E-state index is 12.2. The molecule has 4 nitrogen and oxygen atoms in total. The first kappa shape index (κ1) is 19.4. The van der Waals surface area contributed by atoms with Crippen LogP contribution in [0.4, 0.5) is 0 Å². The quantitative estimate of drug-likeness (QED) is 0.810. The van der Waals surface area contributed by atoms with Crippen LogP contribution in [0.1, 0.15) is 37.8 Å². The van der Waals surface area contributed by atoms with E-state index in [0.717, 1.165) is 38.1 Å². The highest BCUT2D eigenvalue weighted by molar-refractivity contribution is 5.77. The van der Waals surface area contributed by atoms with E-state index in [2.05, 4.69) is 54.4 Å². The van der Waals surface area contributed by atoms with E-state index in [4.69, 9.17) is 4.74 Å². The van der Waals surface area contributed by atoms with E-state index in [1.807, 2.05) is 24.3 Å². The van der Waals surface area contributed by atoms with Crippen molar-refractivity contribution in [3.63, 3.8) is 0 Å². The predicted molar refractivity (Wildman–Crippen MR) is 109 cm³/mol. The van der Waals surface area contributed by atoms with Gasteiger partial charge in [-0.25, -0.2) is 0 Å². The van der Waals surface area contributed by atoms with Gasteiger partial charge >= 0.3 is 0 Å². The molecule has 0 bridgehead atoms. The third-order valence-corrected chi connectivity index (χ3v) is 5.31. The average molecular weight is 367 g/mol. The van der Waals surface area contributed by atoms with E-state index >= 15 is 0 Å². The molecular formula is C23H30N2O2. The summed E-state index contributed by atoms with van der Waals surface area (Å²) >= 11 is 0. The highest BCUT2D eigenvalue weighted by Gasteiger charge is 2.26. The third-order valence-electron chi connectivity index (χ3n) is 5.31. The number of aryl methyl sites for hydroxylation is 1. The van der Waals surface area contributed by atoms with E-state index in [1.54, 1.807) is 0 Å². The van der Waals surface area contributed by atoms with Crippen molar-refractivity contribution in [1.82, 2.24) is 10.2 Å². The normalized spacial score (nSPS) is 20.2. The molecule has 27 heavy (non-hydrogen) atoms. The Kier molecular flexibility index (Phi) is 6.88. The number of nitrogens with zero attached hydrogens (tertiary/aromatic N) is 1. The fraction of sp³-hybridized carbons (Fsp3) is 0.435. The highest BCUT2D eigenvalue weighted by Crippen LogP contribution is 2.20. The van der Waals surface area contributed by atoms with Crippen molar-refractivity contribution < 1.29 is 9.53 Å². The van der Waals surface area contributed by atoms with E-state index in [0.29, 0.717) is 6.04 Å². The standard InChI is InChI=1S/C23H30N2O2/c1-3-19-9-11-22(12-10-19)27-17-23(26)24-21-13-14-25(18(2)15-21)16-20-7-5-4-6-8-20/h4-12,18,21H,3,13-17H2,1-2H3,(H,24,26)/t18-,21-/m1/s1. The molecule has 4 heteroatoms. The largest absolute Gasteiger partial charge is 0.484 e. The van der Waals surface area contributed by atoms with E-state index in [-0.39, 0.29) is 18.6 Å². The molecule has 0 spiro atoms. The zero-order valence-corrected chi connectivity index (χ0v) is 16.4. The number of nitrogens with one attached hydrogen (secondary N) is 1. The van der Waals surface area contributed by atoms with Gasteiger partial charge in [-0.3, -0.25) is 9.69 Å². The number of carbonyl (C=O) groups is 1. The topological polar surface area (TPSA) is 41.6 Å². The second-order valence-corrected chi connectivity index (χ2v) is 7.38. The number of amides is 1. The number of likely N-dealkylation sites (tertiary alicyclic amines) is 1. The second-order valence-electron chi connectivity index (χ2n) is 7.38. The Morgan fingerprint density at radius 3 is 2.52 bits per heavy atom. The van der Waals surface area contributed by atoms with Crippen LogP contribution in [0.3, 0.4) is 0 Å². The molecule has 2 aromatic rings. The Bertz CT molecular complexity index is 715. The number of rotatable bonds is 7. The van der Waals surface area contributed by atoms with Gasteiger partial charge in [-0.1, -0.05) is 49.4 Å². The van der Waals surface area contributed by atoms with Crippen LogP contribution in [0.2, 0.25) is 0 Å². The predicted octanol–water partition coefficient (Wildman–Crippen LogP) is 3.80. The lowest BCUT2D eigenvalue weighted by Crippen LogP contribution is -2.49. The first-order valence-electron chi connectivity index (χ1n) is 9.93. The molecule has 0 radical (unpaired) electrons. The van der Waals surface area contributed by atoms with Crippen molar-refractivity contribution in [3.8, 4) is 5.75 Å². The first-order valence-corrected chi connectivity index (χ1v) is 9.93. The Labute approximate surface area is 162 Å². The lowest BCUT2D eigenvalue weighted by atomic mass is 9.97. The van der Waals surface area contributed by atoms with Crippen molar-refractivity contribution in [2.24, 2.45) is 0 Å². The van der Waals surface area contributed by atoms with Gasteiger partial charge in [0.15, 0.2) is 6.61 Å². The lowest BCUT2D eigenvalue weighted by molar-refractivity contribution is -0.124. The molecule has 1 aliphatic rings. The maximum atomic E-state index is 12.2. The summed E-state index contributed by atoms with van der Waals surface area (Å²) in [6.07, 6.45) is 2.96. The molecule has 1 amide bonds. The van der Waals surface area contributed by atoms with Crippen LogP contribution < -0.4 is 10.1 Å². The van der Waals surface area contributed by atoms with E-state index in [1.165, 1.54) is 11.1 Å². The number of hydrogen-bond acceptors (Lipinski definition) is 3. The SMILES string of the molecule is CCc1ccc(OCC(=O)N[C@@H]2CCN(Cc3ccccc3)[C@H](C)C2)cc1. The summed E-state index contributed by atoms with van der Waals surface area (Å²) in [4.78, 5) is 14.7. The smallest absolute Gasteiger partial charge is 0.258 e. The summed E-state index contributed by atoms with van der Waals surface area (Å²) in [5.41, 5.74) is 2.61. The number of piperidine rings is 1. The lowest BCUT2D eigenvalue weighted by Gasteiger charge is -2.38. The van der Waals surface area contributed by atoms with Gasteiger partial charge in [0.1, 0.15) is 5.75 Å². The molecule has 144 valence electrons. The summed E-state index contributed by atoms with van der Waals surface area (Å²) in [6.45, 7) is 6.41. The number of ether oxygens (including phenoxy) is 1. The van der Waals surface area contributed by atoms with Gasteiger partial charge in [0, 0.05) is 25.2 Å². The fourth-order valence-electron chi connectivity index (χ4n) is 3.64. The van der Waals surface area contributed by atoms with Crippen molar-refractivity contribution in [2.45, 2.75) is 51.7 Å². The maximum Gasteiger partial charge on any atom is 0.258 e. The highest BCUT2D eigenvalue weighted by atomic mass is 16.5. The molecule has 0 saturated carbocycles. The molecule has 0 unspecified atom stereocenters. The summed E-state index contributed by atoms with van der Waals surface area (Å²) < 4.78 is 5.61. The average Bonchev–Trinajstić information content (AvgIpc) is 2.70. The molecule has 1 saturated heterocycles. The van der Waals surface area contributed by atoms with Crippen LogP contribution in [0.5, 0.6) is 5.75 Å². The van der Waals surface area contributed by atoms with Crippen LogP contribution in [0.15, 0.2) is 54.6 Å². The van der Waals surface area contributed by atoms with Gasteiger partial charge in [-0.15, -0.1) is 0 Å². The zero-order chi connectivity index (χ0) is 19.1. The van der Waals surface area contributed by atoms with E-state index in [9.17, 15) is 4.79 Å². The van der Waals surface area contributed by atoms with Crippen LogP contribution in [0.25, 0.3) is 0 Å². The summed E-state index contributed by atoms with van der Waals surface area (Å²) in [5.74, 6) is 0.705.